The van der Waals surface area contributed by atoms with E-state index in [-0.39, 0.29) is 17.1 Å². The second kappa shape index (κ2) is 6.47. The van der Waals surface area contributed by atoms with Crippen molar-refractivity contribution in [3.63, 3.8) is 0 Å². The number of halogens is 1. The van der Waals surface area contributed by atoms with Crippen LogP contribution in [-0.4, -0.2) is 21.5 Å². The number of rotatable bonds is 4. The second-order valence-electron chi connectivity index (χ2n) is 5.05. The summed E-state index contributed by atoms with van der Waals surface area (Å²) in [4.78, 5) is 33.3. The summed E-state index contributed by atoms with van der Waals surface area (Å²) in [6.07, 6.45) is 0. The summed E-state index contributed by atoms with van der Waals surface area (Å²) in [5, 5.41) is 1.70. The van der Waals surface area contributed by atoms with Crippen molar-refractivity contribution in [2.75, 3.05) is 5.75 Å². The van der Waals surface area contributed by atoms with E-state index >= 15 is 0 Å². The summed E-state index contributed by atoms with van der Waals surface area (Å²) in [6, 6.07) is 6.75. The van der Waals surface area contributed by atoms with E-state index in [1.54, 1.807) is 24.3 Å². The van der Waals surface area contributed by atoms with Gasteiger partial charge >= 0.3 is 0 Å². The van der Waals surface area contributed by atoms with Crippen molar-refractivity contribution in [2.24, 2.45) is 0 Å². The maximum Gasteiger partial charge on any atom is 0.260 e. The van der Waals surface area contributed by atoms with E-state index in [2.05, 4.69) is 9.97 Å². The molecule has 3 aromatic rings. The van der Waals surface area contributed by atoms with Gasteiger partial charge < -0.3 is 4.98 Å². The Bertz CT molecular complexity index is 945. The fraction of sp³-hybridized carbons (Fsp3) is 0.188. The number of aryl methyl sites for hydroxylation is 2. The highest BCUT2D eigenvalue weighted by molar-refractivity contribution is 7.99. The van der Waals surface area contributed by atoms with Crippen LogP contribution < -0.4 is 5.56 Å². The average Bonchev–Trinajstić information content (AvgIpc) is 2.80. The van der Waals surface area contributed by atoms with Crippen LogP contribution in [0.1, 0.15) is 20.8 Å². The quantitative estimate of drug-likeness (QED) is 0.427. The van der Waals surface area contributed by atoms with Crippen molar-refractivity contribution < 1.29 is 4.79 Å². The molecule has 1 N–H and O–H groups in total. The van der Waals surface area contributed by atoms with Gasteiger partial charge in [-0.3, -0.25) is 9.59 Å². The fourth-order valence-corrected chi connectivity index (χ4v) is 4.13. The largest absolute Gasteiger partial charge is 0.301 e. The molecule has 0 saturated heterocycles. The summed E-state index contributed by atoms with van der Waals surface area (Å²) in [5.74, 6) is 0.173. The van der Waals surface area contributed by atoms with Gasteiger partial charge in [-0.1, -0.05) is 23.4 Å². The molecule has 7 heteroatoms. The Balaban J connectivity index is 1.81. The predicted molar refractivity (Wildman–Crippen MR) is 96.2 cm³/mol. The molecule has 0 aliphatic carbocycles. The smallest absolute Gasteiger partial charge is 0.260 e. The Hall–Kier alpha value is -1.63. The predicted octanol–water partition coefficient (Wildman–Crippen LogP) is 4.23. The average molecular weight is 365 g/mol. The number of nitrogens with one attached hydrogen (secondary N) is 1. The van der Waals surface area contributed by atoms with E-state index in [1.165, 1.54) is 23.1 Å². The van der Waals surface area contributed by atoms with Crippen LogP contribution in [0, 0.1) is 13.8 Å². The Morgan fingerprint density at radius 2 is 2.00 bits per heavy atom. The van der Waals surface area contributed by atoms with Crippen molar-refractivity contribution in [3.05, 3.63) is 55.6 Å². The molecule has 2 aromatic heterocycles. The van der Waals surface area contributed by atoms with Gasteiger partial charge in [0, 0.05) is 15.5 Å². The first-order chi connectivity index (χ1) is 11.0. The van der Waals surface area contributed by atoms with E-state index in [4.69, 9.17) is 11.6 Å². The van der Waals surface area contributed by atoms with E-state index in [0.717, 1.165) is 10.4 Å². The van der Waals surface area contributed by atoms with Gasteiger partial charge in [0.1, 0.15) is 4.83 Å². The van der Waals surface area contributed by atoms with E-state index < -0.39 is 0 Å². The number of aromatic amines is 1. The number of thioether (sulfide) groups is 1. The molecule has 3 rings (SSSR count). The fourth-order valence-electron chi connectivity index (χ4n) is 2.16. The van der Waals surface area contributed by atoms with Crippen molar-refractivity contribution in [3.8, 4) is 0 Å². The van der Waals surface area contributed by atoms with Crippen LogP contribution >= 0.6 is 34.7 Å². The second-order valence-corrected chi connectivity index (χ2v) is 7.66. The highest BCUT2D eigenvalue weighted by atomic mass is 35.5. The molecule has 118 valence electrons. The number of Topliss-reactive ketones (excluding diaryl/α,β-unsaturated/α-hetero) is 1. The molecule has 0 aliphatic heterocycles. The summed E-state index contributed by atoms with van der Waals surface area (Å²) in [7, 11) is 0. The van der Waals surface area contributed by atoms with Crippen LogP contribution in [0.5, 0.6) is 0 Å². The Kier molecular flexibility index (Phi) is 4.57. The number of carbonyl (C=O) groups is 1. The van der Waals surface area contributed by atoms with Gasteiger partial charge in [0.05, 0.1) is 11.1 Å². The molecular weight excluding hydrogens is 352 g/mol. The molecule has 0 aliphatic rings. The zero-order chi connectivity index (χ0) is 16.6. The van der Waals surface area contributed by atoms with Crippen molar-refractivity contribution in [1.29, 1.82) is 0 Å². The molecular formula is C16H13ClN2O2S2. The van der Waals surface area contributed by atoms with Crippen LogP contribution in [0.4, 0.5) is 0 Å². The third-order valence-electron chi connectivity index (χ3n) is 3.52. The normalized spacial score (nSPS) is 11.1. The number of carbonyl (C=O) groups excluding carboxylic acids is 1. The topological polar surface area (TPSA) is 62.8 Å². The van der Waals surface area contributed by atoms with Gasteiger partial charge in [-0.05, 0) is 43.7 Å². The van der Waals surface area contributed by atoms with Gasteiger partial charge in [0.25, 0.3) is 5.56 Å². The van der Waals surface area contributed by atoms with Crippen LogP contribution in [0.3, 0.4) is 0 Å². The number of thiophene rings is 1. The third-order valence-corrected chi connectivity index (χ3v) is 5.75. The Morgan fingerprint density at radius 1 is 1.30 bits per heavy atom. The number of benzene rings is 1. The SMILES string of the molecule is Cc1sc2nc(SCC(=O)c3ccc(Cl)cc3)[nH]c(=O)c2c1C. The minimum Gasteiger partial charge on any atom is -0.301 e. The van der Waals surface area contributed by atoms with Gasteiger partial charge in [0.15, 0.2) is 10.9 Å². The lowest BCUT2D eigenvalue weighted by Crippen LogP contribution is -2.10. The molecule has 2 heterocycles. The highest BCUT2D eigenvalue weighted by Gasteiger charge is 2.13. The lowest BCUT2D eigenvalue weighted by atomic mass is 10.1. The maximum atomic E-state index is 12.2. The van der Waals surface area contributed by atoms with Crippen LogP contribution in [-0.2, 0) is 0 Å². The zero-order valence-electron chi connectivity index (χ0n) is 12.5. The van der Waals surface area contributed by atoms with Crippen LogP contribution in [0.25, 0.3) is 10.2 Å². The first-order valence-corrected chi connectivity index (χ1v) is 9.05. The van der Waals surface area contributed by atoms with Gasteiger partial charge in [-0.2, -0.15) is 0 Å². The molecule has 4 nitrogen and oxygen atoms in total. The monoisotopic (exact) mass is 364 g/mol. The molecule has 0 radical (unpaired) electrons. The maximum absolute atomic E-state index is 12.2. The molecule has 0 saturated carbocycles. The Labute approximate surface area is 145 Å². The molecule has 0 atom stereocenters. The number of nitrogens with zero attached hydrogens (tertiary/aromatic N) is 1. The molecule has 0 fully saturated rings. The number of hydrogen-bond donors (Lipinski definition) is 1. The van der Waals surface area contributed by atoms with Crippen molar-refractivity contribution in [1.82, 2.24) is 9.97 Å². The summed E-state index contributed by atoms with van der Waals surface area (Å²) < 4.78 is 0. The van der Waals surface area contributed by atoms with Crippen LogP contribution in [0.2, 0.25) is 5.02 Å². The van der Waals surface area contributed by atoms with E-state index in [0.29, 0.717) is 26.0 Å². The van der Waals surface area contributed by atoms with Gasteiger partial charge in [-0.15, -0.1) is 11.3 Å². The summed E-state index contributed by atoms with van der Waals surface area (Å²) >= 11 is 8.54. The lowest BCUT2D eigenvalue weighted by molar-refractivity contribution is 0.102. The van der Waals surface area contributed by atoms with Gasteiger partial charge in [0.2, 0.25) is 0 Å². The molecule has 0 amide bonds. The minimum absolute atomic E-state index is 0.0343. The molecule has 1 aromatic carbocycles. The molecule has 0 spiro atoms. The number of H-pyrrole nitrogens is 1. The molecule has 23 heavy (non-hydrogen) atoms. The lowest BCUT2D eigenvalue weighted by Gasteiger charge is -2.02. The standard InChI is InChI=1S/C16H13ClN2O2S2/c1-8-9(2)23-15-13(8)14(21)18-16(19-15)22-7-12(20)10-3-5-11(17)6-4-10/h3-6H,7H2,1-2H3,(H,18,19,21). The number of aromatic nitrogens is 2. The molecule has 0 bridgehead atoms. The Morgan fingerprint density at radius 3 is 2.70 bits per heavy atom. The number of fused-ring (bicyclic) bond motifs is 1. The summed E-state index contributed by atoms with van der Waals surface area (Å²) in [6.45, 7) is 3.89. The minimum atomic E-state index is -0.154. The first kappa shape index (κ1) is 16.2. The van der Waals surface area contributed by atoms with Crippen molar-refractivity contribution >= 4 is 50.7 Å². The third kappa shape index (κ3) is 3.34. The van der Waals surface area contributed by atoms with Crippen LogP contribution in [0.15, 0.2) is 34.2 Å². The highest BCUT2D eigenvalue weighted by Crippen LogP contribution is 2.27. The number of ketones is 1. The van der Waals surface area contributed by atoms with Gasteiger partial charge in [-0.25, -0.2) is 4.98 Å². The van der Waals surface area contributed by atoms with Crippen molar-refractivity contribution in [2.45, 2.75) is 19.0 Å². The number of hydrogen-bond acceptors (Lipinski definition) is 5. The first-order valence-electron chi connectivity index (χ1n) is 6.87. The zero-order valence-corrected chi connectivity index (χ0v) is 14.9. The van der Waals surface area contributed by atoms with E-state index in [9.17, 15) is 9.59 Å². The van der Waals surface area contributed by atoms with E-state index in [1.807, 2.05) is 13.8 Å². The summed E-state index contributed by atoms with van der Waals surface area (Å²) in [5.41, 5.74) is 1.40. The molecule has 0 unspecified atom stereocenters.